The van der Waals surface area contributed by atoms with Gasteiger partial charge in [0.15, 0.2) is 5.96 Å². The number of amides is 1. The summed E-state index contributed by atoms with van der Waals surface area (Å²) in [4.78, 5) is 15.0. The smallest absolute Gasteiger partial charge is 0.220 e. The van der Waals surface area contributed by atoms with E-state index in [1.54, 1.807) is 0 Å². The van der Waals surface area contributed by atoms with Gasteiger partial charge in [-0.15, -0.1) is 0 Å². The summed E-state index contributed by atoms with van der Waals surface area (Å²) in [6.07, 6.45) is 5.06. The van der Waals surface area contributed by atoms with Gasteiger partial charge < -0.3 is 16.8 Å². The van der Waals surface area contributed by atoms with E-state index >= 15 is 0 Å². The molecule has 0 aliphatic heterocycles. The fourth-order valence-corrected chi connectivity index (χ4v) is 1.18. The highest BCUT2D eigenvalue weighted by atomic mass is 16.1. The molecule has 0 aromatic rings. The van der Waals surface area contributed by atoms with Gasteiger partial charge in [-0.1, -0.05) is 26.2 Å². The van der Waals surface area contributed by atoms with Gasteiger partial charge in [0.2, 0.25) is 5.91 Å². The van der Waals surface area contributed by atoms with Crippen molar-refractivity contribution in [2.45, 2.75) is 39.0 Å². The lowest BCUT2D eigenvalue weighted by Gasteiger charge is -2.02. The van der Waals surface area contributed by atoms with E-state index in [0.717, 1.165) is 12.8 Å². The highest BCUT2D eigenvalue weighted by molar-refractivity contribution is 5.76. The van der Waals surface area contributed by atoms with E-state index in [9.17, 15) is 4.79 Å². The van der Waals surface area contributed by atoms with Crippen LogP contribution in [0.15, 0.2) is 4.99 Å². The Labute approximate surface area is 91.3 Å². The third-order valence-corrected chi connectivity index (χ3v) is 1.99. The molecule has 5 nitrogen and oxygen atoms in total. The molecule has 88 valence electrons. The van der Waals surface area contributed by atoms with Crippen LogP contribution >= 0.6 is 0 Å². The maximum atomic E-state index is 11.2. The molecule has 0 aliphatic carbocycles. The van der Waals surface area contributed by atoms with Crippen LogP contribution in [0, 0.1) is 0 Å². The fraction of sp³-hybridized carbons (Fsp3) is 0.800. The Kier molecular flexibility index (Phi) is 8.52. The Balaban J connectivity index is 3.30. The summed E-state index contributed by atoms with van der Waals surface area (Å²) in [5, 5.41) is 2.76. The minimum Gasteiger partial charge on any atom is -0.370 e. The van der Waals surface area contributed by atoms with Crippen molar-refractivity contribution in [1.29, 1.82) is 0 Å². The predicted molar refractivity (Wildman–Crippen MR) is 62.4 cm³/mol. The van der Waals surface area contributed by atoms with Crippen molar-refractivity contribution < 1.29 is 4.79 Å². The maximum Gasteiger partial charge on any atom is 0.220 e. The lowest BCUT2D eigenvalue weighted by atomic mass is 10.1. The quantitative estimate of drug-likeness (QED) is 0.309. The van der Waals surface area contributed by atoms with Gasteiger partial charge in [-0.2, -0.15) is 0 Å². The first-order valence-electron chi connectivity index (χ1n) is 5.49. The molecule has 0 bridgehead atoms. The lowest BCUT2D eigenvalue weighted by Crippen LogP contribution is -2.28. The number of nitrogens with zero attached hydrogens (tertiary/aromatic N) is 1. The first kappa shape index (κ1) is 13.7. The van der Waals surface area contributed by atoms with E-state index in [0.29, 0.717) is 19.5 Å². The zero-order valence-electron chi connectivity index (χ0n) is 9.46. The Morgan fingerprint density at radius 3 is 2.60 bits per heavy atom. The molecule has 0 aliphatic rings. The molecule has 0 heterocycles. The van der Waals surface area contributed by atoms with E-state index in [-0.39, 0.29) is 11.9 Å². The van der Waals surface area contributed by atoms with Crippen LogP contribution in [0.3, 0.4) is 0 Å². The summed E-state index contributed by atoms with van der Waals surface area (Å²) in [6, 6.07) is 0. The Morgan fingerprint density at radius 2 is 2.00 bits per heavy atom. The minimum atomic E-state index is 0.0622. The number of nitrogens with one attached hydrogen (secondary N) is 1. The van der Waals surface area contributed by atoms with Crippen molar-refractivity contribution >= 4 is 11.9 Å². The van der Waals surface area contributed by atoms with Gasteiger partial charge in [-0.25, -0.2) is 0 Å². The third-order valence-electron chi connectivity index (χ3n) is 1.99. The summed E-state index contributed by atoms with van der Waals surface area (Å²) in [5.74, 6) is 0.143. The van der Waals surface area contributed by atoms with Gasteiger partial charge in [0, 0.05) is 13.0 Å². The highest BCUT2D eigenvalue weighted by Gasteiger charge is 1.99. The molecule has 0 atom stereocenters. The number of nitrogens with two attached hydrogens (primary N) is 2. The summed E-state index contributed by atoms with van der Waals surface area (Å²) in [6.45, 7) is 3.10. The molecule has 0 fully saturated rings. The molecule has 0 aromatic carbocycles. The van der Waals surface area contributed by atoms with Crippen molar-refractivity contribution in [1.82, 2.24) is 5.32 Å². The second kappa shape index (κ2) is 9.30. The highest BCUT2D eigenvalue weighted by Crippen LogP contribution is 2.01. The first-order chi connectivity index (χ1) is 7.16. The second-order valence-electron chi connectivity index (χ2n) is 3.47. The topological polar surface area (TPSA) is 93.5 Å². The third kappa shape index (κ3) is 10.7. The SMILES string of the molecule is CCCCCCC(=O)NCCN=C(N)N. The van der Waals surface area contributed by atoms with E-state index < -0.39 is 0 Å². The van der Waals surface area contributed by atoms with Gasteiger partial charge in [0.1, 0.15) is 0 Å². The Bertz CT molecular complexity index is 200. The van der Waals surface area contributed by atoms with Crippen molar-refractivity contribution in [3.05, 3.63) is 0 Å². The number of carbonyl (C=O) groups is 1. The maximum absolute atomic E-state index is 11.2. The molecule has 0 aromatic heterocycles. The number of hydrogen-bond acceptors (Lipinski definition) is 2. The van der Waals surface area contributed by atoms with E-state index in [2.05, 4.69) is 17.2 Å². The number of hydrogen-bond donors (Lipinski definition) is 3. The van der Waals surface area contributed by atoms with Crippen LogP contribution in [0.2, 0.25) is 0 Å². The molecule has 1 amide bonds. The summed E-state index contributed by atoms with van der Waals surface area (Å²) in [5.41, 5.74) is 10.3. The molecular weight excluding hydrogens is 192 g/mol. The molecular formula is C10H22N4O. The lowest BCUT2D eigenvalue weighted by molar-refractivity contribution is -0.121. The van der Waals surface area contributed by atoms with Crippen molar-refractivity contribution in [3.63, 3.8) is 0 Å². The summed E-state index contributed by atoms with van der Waals surface area (Å²) < 4.78 is 0. The van der Waals surface area contributed by atoms with E-state index in [4.69, 9.17) is 11.5 Å². The standard InChI is InChI=1S/C10H22N4O/c1-2-3-4-5-6-9(15)13-7-8-14-10(11)12/h2-8H2,1H3,(H,13,15)(H4,11,12,14). The number of aliphatic imine (C=N–C) groups is 1. The Hall–Kier alpha value is -1.26. The van der Waals surface area contributed by atoms with Crippen LogP contribution in [-0.2, 0) is 4.79 Å². The van der Waals surface area contributed by atoms with Crippen LogP contribution in [-0.4, -0.2) is 25.0 Å². The Morgan fingerprint density at radius 1 is 1.27 bits per heavy atom. The number of rotatable bonds is 8. The monoisotopic (exact) mass is 214 g/mol. The molecule has 15 heavy (non-hydrogen) atoms. The van der Waals surface area contributed by atoms with Crippen LogP contribution in [0.5, 0.6) is 0 Å². The van der Waals surface area contributed by atoms with E-state index in [1.165, 1.54) is 12.8 Å². The van der Waals surface area contributed by atoms with Crippen LogP contribution in [0.1, 0.15) is 39.0 Å². The van der Waals surface area contributed by atoms with Crippen molar-refractivity contribution in [2.75, 3.05) is 13.1 Å². The normalized spacial score (nSPS) is 9.67. The molecule has 5 N–H and O–H groups in total. The van der Waals surface area contributed by atoms with Crippen LogP contribution in [0.4, 0.5) is 0 Å². The predicted octanol–water partition coefficient (Wildman–Crippen LogP) is 0.346. The van der Waals surface area contributed by atoms with Gasteiger partial charge in [0.05, 0.1) is 6.54 Å². The minimum absolute atomic E-state index is 0.0622. The second-order valence-corrected chi connectivity index (χ2v) is 3.47. The zero-order chi connectivity index (χ0) is 11.5. The van der Waals surface area contributed by atoms with Crippen molar-refractivity contribution in [2.24, 2.45) is 16.5 Å². The van der Waals surface area contributed by atoms with Gasteiger partial charge in [0.25, 0.3) is 0 Å². The number of guanidine groups is 1. The molecule has 5 heteroatoms. The fourth-order valence-electron chi connectivity index (χ4n) is 1.18. The van der Waals surface area contributed by atoms with E-state index in [1.807, 2.05) is 0 Å². The first-order valence-corrected chi connectivity index (χ1v) is 5.49. The number of carbonyl (C=O) groups excluding carboxylic acids is 1. The van der Waals surface area contributed by atoms with Crippen molar-refractivity contribution in [3.8, 4) is 0 Å². The summed E-state index contributed by atoms with van der Waals surface area (Å²) in [7, 11) is 0. The molecule has 0 saturated heterocycles. The van der Waals surface area contributed by atoms with Gasteiger partial charge >= 0.3 is 0 Å². The largest absolute Gasteiger partial charge is 0.370 e. The number of unbranched alkanes of at least 4 members (excludes halogenated alkanes) is 3. The average Bonchev–Trinajstić information content (AvgIpc) is 2.19. The molecule has 0 radical (unpaired) electrons. The van der Waals surface area contributed by atoms with Gasteiger partial charge in [-0.3, -0.25) is 9.79 Å². The van der Waals surface area contributed by atoms with Crippen LogP contribution < -0.4 is 16.8 Å². The molecule has 0 spiro atoms. The van der Waals surface area contributed by atoms with Gasteiger partial charge in [-0.05, 0) is 6.42 Å². The molecule has 0 rings (SSSR count). The molecule has 0 saturated carbocycles. The summed E-state index contributed by atoms with van der Waals surface area (Å²) >= 11 is 0. The van der Waals surface area contributed by atoms with Crippen LogP contribution in [0.25, 0.3) is 0 Å². The zero-order valence-corrected chi connectivity index (χ0v) is 9.46. The molecule has 0 unspecified atom stereocenters. The average molecular weight is 214 g/mol.